The van der Waals surface area contributed by atoms with Crippen LogP contribution in [0.3, 0.4) is 0 Å². The number of hydrazine groups is 2. The lowest BCUT2D eigenvalue weighted by Crippen LogP contribution is -2.62. The van der Waals surface area contributed by atoms with Gasteiger partial charge in [0.2, 0.25) is 5.91 Å². The summed E-state index contributed by atoms with van der Waals surface area (Å²) in [6.45, 7) is 3.09. The maximum absolute atomic E-state index is 13.3. The number of rotatable bonds is 4. The highest BCUT2D eigenvalue weighted by molar-refractivity contribution is 5.81. The summed E-state index contributed by atoms with van der Waals surface area (Å²) in [5, 5.41) is 20.2. The molecule has 35 heavy (non-hydrogen) atoms. The molecule has 0 aromatic heterocycles. The molecule has 0 radical (unpaired) electrons. The van der Waals surface area contributed by atoms with Crippen molar-refractivity contribution in [3.63, 3.8) is 0 Å². The first kappa shape index (κ1) is 22.0. The largest absolute Gasteiger partial charge is 0.508 e. The Kier molecular flexibility index (Phi) is 5.42. The van der Waals surface area contributed by atoms with Crippen LogP contribution in [0, 0.1) is 11.3 Å². The van der Waals surface area contributed by atoms with E-state index in [9.17, 15) is 15.0 Å². The Morgan fingerprint density at radius 1 is 1.00 bits per heavy atom. The zero-order valence-corrected chi connectivity index (χ0v) is 19.6. The van der Waals surface area contributed by atoms with Crippen molar-refractivity contribution in [2.75, 3.05) is 19.6 Å². The normalized spacial score (nSPS) is 25.1. The molecule has 3 heterocycles. The summed E-state index contributed by atoms with van der Waals surface area (Å²) in [5.41, 5.74) is 13.1. The Morgan fingerprint density at radius 3 is 2.51 bits per heavy atom. The van der Waals surface area contributed by atoms with Gasteiger partial charge in [0.15, 0.2) is 0 Å². The fourth-order valence-corrected chi connectivity index (χ4v) is 6.21. The molecular formula is C27H31N5O3. The summed E-state index contributed by atoms with van der Waals surface area (Å²) in [5.74, 6) is 0.641. The van der Waals surface area contributed by atoms with E-state index in [4.69, 9.17) is 0 Å². The summed E-state index contributed by atoms with van der Waals surface area (Å²) in [4.78, 5) is 17.7. The van der Waals surface area contributed by atoms with Crippen LogP contribution in [0.15, 0.2) is 72.1 Å². The van der Waals surface area contributed by atoms with Crippen LogP contribution in [-0.4, -0.2) is 45.6 Å². The molecule has 6 rings (SSSR count). The van der Waals surface area contributed by atoms with Crippen molar-refractivity contribution in [1.29, 1.82) is 0 Å². The minimum Gasteiger partial charge on any atom is -0.508 e. The predicted molar refractivity (Wildman–Crippen MR) is 131 cm³/mol. The van der Waals surface area contributed by atoms with Crippen LogP contribution in [0.1, 0.15) is 36.4 Å². The molecule has 3 saturated heterocycles. The average molecular weight is 474 g/mol. The minimum absolute atomic E-state index is 0.0805. The van der Waals surface area contributed by atoms with E-state index in [2.05, 4.69) is 27.4 Å². The maximum atomic E-state index is 13.3. The second-order valence-electron chi connectivity index (χ2n) is 10.1. The molecule has 3 aliphatic heterocycles. The van der Waals surface area contributed by atoms with Gasteiger partial charge in [-0.25, -0.2) is 0 Å². The maximum Gasteiger partial charge on any atom is 0.229 e. The molecule has 1 spiro atoms. The summed E-state index contributed by atoms with van der Waals surface area (Å²) in [7, 11) is 0. The zero-order valence-electron chi connectivity index (χ0n) is 19.6. The Hall–Kier alpha value is -3.49. The third kappa shape index (κ3) is 3.92. The lowest BCUT2D eigenvalue weighted by Gasteiger charge is -2.61. The third-order valence-corrected chi connectivity index (χ3v) is 8.05. The average Bonchev–Trinajstić information content (AvgIpc) is 3.34. The smallest absolute Gasteiger partial charge is 0.229 e. The Morgan fingerprint density at radius 2 is 1.74 bits per heavy atom. The van der Waals surface area contributed by atoms with Gasteiger partial charge in [-0.15, -0.1) is 5.53 Å². The summed E-state index contributed by atoms with van der Waals surface area (Å²) < 4.78 is 0. The number of hydrogen-bond donors (Lipinski definition) is 5. The fourth-order valence-electron chi connectivity index (χ4n) is 6.21. The number of fused-ring (bicyclic) bond motifs is 1. The minimum atomic E-state index is -0.135. The molecule has 3 fully saturated rings. The number of carbonyl (C=O) groups excluding carboxylic acids is 1. The fraction of sp³-hybridized carbons (Fsp3) is 0.370. The van der Waals surface area contributed by atoms with Crippen molar-refractivity contribution in [1.82, 2.24) is 26.2 Å². The first-order valence-corrected chi connectivity index (χ1v) is 12.3. The Bertz CT molecular complexity index is 1180. The van der Waals surface area contributed by atoms with E-state index < -0.39 is 0 Å². The molecule has 8 nitrogen and oxygen atoms in total. The molecule has 2 aromatic rings. The van der Waals surface area contributed by atoms with Gasteiger partial charge in [-0.05, 0) is 49.1 Å². The number of piperidine rings is 1. The van der Waals surface area contributed by atoms with Gasteiger partial charge >= 0.3 is 0 Å². The number of nitrogens with one attached hydrogen (secondary N) is 3. The van der Waals surface area contributed by atoms with Crippen molar-refractivity contribution >= 4 is 5.91 Å². The number of aromatic hydroxyl groups is 2. The number of para-hydroxylation sites is 1. The lowest BCUT2D eigenvalue weighted by atomic mass is 9.63. The number of likely N-dealkylation sites (tertiary alicyclic amines) is 2. The van der Waals surface area contributed by atoms with E-state index in [1.54, 1.807) is 18.2 Å². The second-order valence-corrected chi connectivity index (χ2v) is 10.1. The molecule has 182 valence electrons. The SMILES string of the molecule is O=C(C1C=C2NNNC2=CC1)N1CCC2(CC1)CN(Cc1ccccc1O)C2c1ccc(O)cc1. The number of phenols is 2. The Labute approximate surface area is 204 Å². The molecule has 4 aliphatic rings. The van der Waals surface area contributed by atoms with Crippen molar-refractivity contribution in [3.8, 4) is 11.5 Å². The third-order valence-electron chi connectivity index (χ3n) is 8.05. The van der Waals surface area contributed by atoms with Crippen LogP contribution >= 0.6 is 0 Å². The molecule has 1 amide bonds. The first-order chi connectivity index (χ1) is 17.0. The van der Waals surface area contributed by atoms with Crippen molar-refractivity contribution < 1.29 is 15.0 Å². The number of benzene rings is 2. The number of phenolic OH excluding ortho intramolecular Hbond substituents is 2. The molecule has 8 heteroatoms. The molecule has 0 saturated carbocycles. The summed E-state index contributed by atoms with van der Waals surface area (Å²) in [6, 6.07) is 15.2. The van der Waals surface area contributed by atoms with E-state index in [1.165, 1.54) is 5.56 Å². The van der Waals surface area contributed by atoms with Crippen molar-refractivity contribution in [2.45, 2.75) is 31.8 Å². The van der Waals surface area contributed by atoms with Gasteiger partial charge in [0.25, 0.3) is 0 Å². The van der Waals surface area contributed by atoms with Crippen LogP contribution in [0.5, 0.6) is 11.5 Å². The molecule has 1 aliphatic carbocycles. The molecule has 2 unspecified atom stereocenters. The molecule has 5 N–H and O–H groups in total. The lowest BCUT2D eigenvalue weighted by molar-refractivity contribution is -0.147. The van der Waals surface area contributed by atoms with Crippen molar-refractivity contribution in [2.24, 2.45) is 11.3 Å². The van der Waals surface area contributed by atoms with Crippen LogP contribution in [0.25, 0.3) is 0 Å². The number of carbonyl (C=O) groups is 1. The van der Waals surface area contributed by atoms with Gasteiger partial charge in [0.1, 0.15) is 11.5 Å². The van der Waals surface area contributed by atoms with Gasteiger partial charge in [-0.1, -0.05) is 36.4 Å². The number of hydrogen-bond acceptors (Lipinski definition) is 7. The molecular weight excluding hydrogens is 442 g/mol. The summed E-state index contributed by atoms with van der Waals surface area (Å²) in [6.07, 6.45) is 6.67. The van der Waals surface area contributed by atoms with Gasteiger partial charge in [-0.2, -0.15) is 0 Å². The highest BCUT2D eigenvalue weighted by Gasteiger charge is 2.54. The van der Waals surface area contributed by atoms with Crippen molar-refractivity contribution in [3.05, 3.63) is 83.2 Å². The quantitative estimate of drug-likeness (QED) is 0.466. The highest BCUT2D eigenvalue weighted by Crippen LogP contribution is 2.56. The molecule has 2 atom stereocenters. The predicted octanol–water partition coefficient (Wildman–Crippen LogP) is 2.66. The first-order valence-electron chi connectivity index (χ1n) is 12.3. The zero-order chi connectivity index (χ0) is 24.0. The van der Waals surface area contributed by atoms with Gasteiger partial charge in [-0.3, -0.25) is 9.69 Å². The van der Waals surface area contributed by atoms with E-state index >= 15 is 0 Å². The van der Waals surface area contributed by atoms with Gasteiger partial charge in [0, 0.05) is 43.2 Å². The van der Waals surface area contributed by atoms with Crippen LogP contribution in [-0.2, 0) is 11.3 Å². The number of amides is 1. The van der Waals surface area contributed by atoms with Crippen LogP contribution in [0.2, 0.25) is 0 Å². The van der Waals surface area contributed by atoms with Crippen LogP contribution in [0.4, 0.5) is 0 Å². The topological polar surface area (TPSA) is 100 Å². The Balaban J connectivity index is 1.17. The highest BCUT2D eigenvalue weighted by atomic mass is 16.3. The van der Waals surface area contributed by atoms with Gasteiger partial charge < -0.3 is 26.0 Å². The van der Waals surface area contributed by atoms with Crippen LogP contribution < -0.4 is 16.4 Å². The molecule has 0 bridgehead atoms. The monoisotopic (exact) mass is 473 g/mol. The number of nitrogens with zero attached hydrogens (tertiary/aromatic N) is 2. The van der Waals surface area contributed by atoms with Gasteiger partial charge in [0.05, 0.1) is 17.3 Å². The van der Waals surface area contributed by atoms with E-state index in [1.807, 2.05) is 41.3 Å². The second kappa shape index (κ2) is 8.62. The molecule has 2 aromatic carbocycles. The van der Waals surface area contributed by atoms with E-state index in [-0.39, 0.29) is 29.0 Å². The van der Waals surface area contributed by atoms with E-state index in [0.717, 1.165) is 49.4 Å². The standard InChI is InChI=1S/C27H31N5O3/c33-21-8-5-18(6-9-21)25-27(17-32(25)16-20-3-1-2-4-24(20)34)11-13-31(14-12-27)26(35)19-7-10-22-23(15-19)29-30-28-22/h1-6,8-10,15,19,25,28-30,33-34H,7,11-14,16-17H2. The van der Waals surface area contributed by atoms with E-state index in [0.29, 0.717) is 18.7 Å². The summed E-state index contributed by atoms with van der Waals surface area (Å²) >= 11 is 0. The number of allylic oxidation sites excluding steroid dienone is 1.